The van der Waals surface area contributed by atoms with Crippen LogP contribution in [0.4, 0.5) is 0 Å². The lowest BCUT2D eigenvalue weighted by Gasteiger charge is -2.18. The zero-order valence-corrected chi connectivity index (χ0v) is 12.5. The number of carbonyl (C=O) groups is 1. The van der Waals surface area contributed by atoms with Gasteiger partial charge in [-0.05, 0) is 23.8 Å². The van der Waals surface area contributed by atoms with Gasteiger partial charge in [0.15, 0.2) is 11.5 Å². The molecule has 0 aliphatic carbocycles. The highest BCUT2D eigenvalue weighted by Gasteiger charge is 2.16. The minimum Gasteiger partial charge on any atom is -0.504 e. The molecule has 0 atom stereocenters. The van der Waals surface area contributed by atoms with Crippen molar-refractivity contribution in [2.45, 2.75) is 6.54 Å². The van der Waals surface area contributed by atoms with E-state index in [9.17, 15) is 9.90 Å². The maximum atomic E-state index is 12.3. The number of pyridine rings is 1. The average molecular weight is 307 g/mol. The lowest BCUT2D eigenvalue weighted by atomic mass is 10.1. The third-order valence-electron chi connectivity index (χ3n) is 3.01. The van der Waals surface area contributed by atoms with Gasteiger partial charge in [0.2, 0.25) is 0 Å². The predicted octanol–water partition coefficient (Wildman–Crippen LogP) is 2.72. The summed E-state index contributed by atoms with van der Waals surface area (Å²) < 4.78 is 5.05. The summed E-state index contributed by atoms with van der Waals surface area (Å²) in [4.78, 5) is 17.7. The van der Waals surface area contributed by atoms with E-state index in [1.165, 1.54) is 30.5 Å². The molecule has 0 unspecified atom stereocenters. The van der Waals surface area contributed by atoms with E-state index in [0.717, 1.165) is 5.56 Å². The second-order valence-electron chi connectivity index (χ2n) is 4.52. The molecule has 0 saturated heterocycles. The molecule has 21 heavy (non-hydrogen) atoms. The van der Waals surface area contributed by atoms with Crippen molar-refractivity contribution in [3.8, 4) is 11.5 Å². The fourth-order valence-corrected chi connectivity index (χ4v) is 2.09. The Bertz CT molecular complexity index is 661. The Morgan fingerprint density at radius 2 is 2.19 bits per heavy atom. The monoisotopic (exact) mass is 306 g/mol. The Kier molecular flexibility index (Phi) is 4.65. The van der Waals surface area contributed by atoms with Crippen LogP contribution in [-0.4, -0.2) is 35.1 Å². The van der Waals surface area contributed by atoms with Crippen LogP contribution in [0.3, 0.4) is 0 Å². The van der Waals surface area contributed by atoms with Crippen molar-refractivity contribution >= 4 is 17.5 Å². The summed E-state index contributed by atoms with van der Waals surface area (Å²) in [5.74, 6) is 0.207. The molecule has 6 heteroatoms. The first-order chi connectivity index (χ1) is 10.0. The summed E-state index contributed by atoms with van der Waals surface area (Å²) in [7, 11) is 3.15. The fourth-order valence-electron chi connectivity index (χ4n) is 1.91. The molecule has 0 aliphatic rings. The number of methoxy groups -OCH3 is 1. The first-order valence-electron chi connectivity index (χ1n) is 6.23. The number of halogens is 1. The number of hydrogen-bond acceptors (Lipinski definition) is 4. The number of phenolic OH excluding ortho intramolecular Hbond substituents is 1. The van der Waals surface area contributed by atoms with Crippen molar-refractivity contribution in [1.29, 1.82) is 0 Å². The second-order valence-corrected chi connectivity index (χ2v) is 4.93. The first-order valence-corrected chi connectivity index (χ1v) is 6.61. The molecule has 0 bridgehead atoms. The summed E-state index contributed by atoms with van der Waals surface area (Å²) in [6.45, 7) is 0.362. The van der Waals surface area contributed by atoms with E-state index in [4.69, 9.17) is 16.3 Å². The average Bonchev–Trinajstić information content (AvgIpc) is 2.49. The molecule has 110 valence electrons. The molecular weight excluding hydrogens is 292 g/mol. The molecule has 0 radical (unpaired) electrons. The van der Waals surface area contributed by atoms with Gasteiger partial charge in [-0.2, -0.15) is 0 Å². The number of aromatic hydroxyl groups is 1. The van der Waals surface area contributed by atoms with E-state index in [-0.39, 0.29) is 11.7 Å². The first kappa shape index (κ1) is 15.1. The predicted molar refractivity (Wildman–Crippen MR) is 79.7 cm³/mol. The molecular formula is C15H15ClN2O3. The zero-order chi connectivity index (χ0) is 15.4. The standard InChI is InChI=1S/C15H15ClN2O3/c1-18(15(20)11-8-17-6-5-12(11)16)9-10-3-4-13(19)14(7-10)21-2/h3-8,19H,9H2,1-2H3. The van der Waals surface area contributed by atoms with Crippen LogP contribution in [0.15, 0.2) is 36.7 Å². The lowest BCUT2D eigenvalue weighted by molar-refractivity contribution is 0.0784. The van der Waals surface area contributed by atoms with Crippen molar-refractivity contribution < 1.29 is 14.6 Å². The van der Waals surface area contributed by atoms with Gasteiger partial charge < -0.3 is 14.7 Å². The van der Waals surface area contributed by atoms with Crippen molar-refractivity contribution in [1.82, 2.24) is 9.88 Å². The third-order valence-corrected chi connectivity index (χ3v) is 3.34. The Labute approximate surface area is 127 Å². The summed E-state index contributed by atoms with van der Waals surface area (Å²) in [5, 5.41) is 9.93. The summed E-state index contributed by atoms with van der Waals surface area (Å²) >= 11 is 5.99. The normalized spacial score (nSPS) is 10.2. The summed E-state index contributed by atoms with van der Waals surface area (Å²) in [6, 6.07) is 6.52. The minimum absolute atomic E-state index is 0.0607. The van der Waals surface area contributed by atoms with E-state index in [0.29, 0.717) is 22.9 Å². The molecule has 1 aromatic heterocycles. The second kappa shape index (κ2) is 6.45. The van der Waals surface area contributed by atoms with Crippen LogP contribution >= 0.6 is 11.6 Å². The third kappa shape index (κ3) is 3.44. The van der Waals surface area contributed by atoms with Crippen LogP contribution in [0.2, 0.25) is 5.02 Å². The Hall–Kier alpha value is -2.27. The SMILES string of the molecule is COc1cc(CN(C)C(=O)c2cnccc2Cl)ccc1O. The number of rotatable bonds is 4. The highest BCUT2D eigenvalue weighted by Crippen LogP contribution is 2.27. The lowest BCUT2D eigenvalue weighted by Crippen LogP contribution is -2.26. The number of phenols is 1. The van der Waals surface area contributed by atoms with Gasteiger partial charge in [0, 0.05) is 26.0 Å². The number of carbonyl (C=O) groups excluding carboxylic acids is 1. The molecule has 5 nitrogen and oxygen atoms in total. The number of benzene rings is 1. The van der Waals surface area contributed by atoms with Crippen LogP contribution in [0, 0.1) is 0 Å². The largest absolute Gasteiger partial charge is 0.504 e. The van der Waals surface area contributed by atoms with Crippen LogP contribution in [-0.2, 0) is 6.54 Å². The molecule has 1 amide bonds. The van der Waals surface area contributed by atoms with E-state index in [1.54, 1.807) is 25.2 Å². The van der Waals surface area contributed by atoms with E-state index < -0.39 is 0 Å². The Morgan fingerprint density at radius 3 is 2.86 bits per heavy atom. The number of nitrogens with zero attached hydrogens (tertiary/aromatic N) is 2. The van der Waals surface area contributed by atoms with Gasteiger partial charge in [-0.25, -0.2) is 0 Å². The smallest absolute Gasteiger partial charge is 0.256 e. The van der Waals surface area contributed by atoms with Gasteiger partial charge in [-0.15, -0.1) is 0 Å². The summed E-state index contributed by atoms with van der Waals surface area (Å²) in [6.07, 6.45) is 2.97. The van der Waals surface area contributed by atoms with Crippen LogP contribution in [0.25, 0.3) is 0 Å². The van der Waals surface area contributed by atoms with Crippen molar-refractivity contribution in [3.05, 3.63) is 52.8 Å². The maximum absolute atomic E-state index is 12.3. The van der Waals surface area contributed by atoms with E-state index in [1.807, 2.05) is 0 Å². The van der Waals surface area contributed by atoms with Crippen molar-refractivity contribution in [2.24, 2.45) is 0 Å². The molecule has 1 heterocycles. The molecule has 0 aliphatic heterocycles. The van der Waals surface area contributed by atoms with Gasteiger partial charge in [-0.3, -0.25) is 9.78 Å². The van der Waals surface area contributed by atoms with E-state index >= 15 is 0 Å². The minimum atomic E-state index is -0.222. The molecule has 0 spiro atoms. The van der Waals surface area contributed by atoms with Crippen LogP contribution in [0.5, 0.6) is 11.5 Å². The number of ether oxygens (including phenoxy) is 1. The van der Waals surface area contributed by atoms with Crippen LogP contribution in [0.1, 0.15) is 15.9 Å². The van der Waals surface area contributed by atoms with Crippen molar-refractivity contribution in [2.75, 3.05) is 14.2 Å². The maximum Gasteiger partial charge on any atom is 0.256 e. The molecule has 1 N–H and O–H groups in total. The van der Waals surface area contributed by atoms with Crippen LogP contribution < -0.4 is 4.74 Å². The quantitative estimate of drug-likeness (QED) is 0.943. The zero-order valence-electron chi connectivity index (χ0n) is 11.7. The number of amides is 1. The highest BCUT2D eigenvalue weighted by atomic mass is 35.5. The molecule has 2 rings (SSSR count). The number of aromatic nitrogens is 1. The number of hydrogen-bond donors (Lipinski definition) is 1. The van der Waals surface area contributed by atoms with Gasteiger partial charge in [-0.1, -0.05) is 17.7 Å². The Balaban J connectivity index is 2.16. The molecule has 2 aromatic rings. The van der Waals surface area contributed by atoms with Gasteiger partial charge in [0.25, 0.3) is 5.91 Å². The van der Waals surface area contributed by atoms with E-state index in [2.05, 4.69) is 4.98 Å². The Morgan fingerprint density at radius 1 is 1.43 bits per heavy atom. The van der Waals surface area contributed by atoms with Gasteiger partial charge >= 0.3 is 0 Å². The summed E-state index contributed by atoms with van der Waals surface area (Å²) in [5.41, 5.74) is 1.19. The molecule has 1 aromatic carbocycles. The van der Waals surface area contributed by atoms with Crippen molar-refractivity contribution in [3.63, 3.8) is 0 Å². The molecule has 0 saturated carbocycles. The highest BCUT2D eigenvalue weighted by molar-refractivity contribution is 6.33. The van der Waals surface area contributed by atoms with Gasteiger partial charge in [0.05, 0.1) is 17.7 Å². The molecule has 0 fully saturated rings. The fraction of sp³-hybridized carbons (Fsp3) is 0.200. The topological polar surface area (TPSA) is 62.7 Å². The van der Waals surface area contributed by atoms with Gasteiger partial charge in [0.1, 0.15) is 0 Å².